The largest absolute Gasteiger partial charge is 0.366 e. The molecule has 2 N–H and O–H groups in total. The normalized spacial score (nSPS) is 19.0. The monoisotopic (exact) mass is 372 g/mol. The van der Waals surface area contributed by atoms with Gasteiger partial charge in [0, 0.05) is 28.8 Å². The molecule has 4 rings (SSSR count). The summed E-state index contributed by atoms with van der Waals surface area (Å²) in [6, 6.07) is 11.1. The van der Waals surface area contributed by atoms with Crippen LogP contribution in [0.3, 0.4) is 0 Å². The minimum absolute atomic E-state index is 0.0939. The Kier molecular flexibility index (Phi) is 3.84. The molecule has 1 aromatic heterocycles. The number of amides is 1. The smallest absolute Gasteiger partial charge is 0.248 e. The van der Waals surface area contributed by atoms with E-state index < -0.39 is 15.7 Å². The first-order chi connectivity index (χ1) is 12.3. The minimum atomic E-state index is -3.03. The maximum atomic E-state index is 13.3. The van der Waals surface area contributed by atoms with Crippen molar-refractivity contribution in [1.29, 1.82) is 0 Å². The Morgan fingerprint density at radius 1 is 1.15 bits per heavy atom. The molecule has 3 aromatic rings. The van der Waals surface area contributed by atoms with E-state index in [0.29, 0.717) is 12.0 Å². The quantitative estimate of drug-likeness (QED) is 0.767. The van der Waals surface area contributed by atoms with Crippen LogP contribution in [0.25, 0.3) is 16.6 Å². The number of hydrogen-bond donors (Lipinski definition) is 1. The highest BCUT2D eigenvalue weighted by atomic mass is 32.2. The summed E-state index contributed by atoms with van der Waals surface area (Å²) in [5.74, 6) is -0.676. The van der Waals surface area contributed by atoms with Crippen molar-refractivity contribution in [3.8, 4) is 5.69 Å². The highest BCUT2D eigenvalue weighted by Crippen LogP contribution is 2.36. The molecule has 1 aliphatic rings. The summed E-state index contributed by atoms with van der Waals surface area (Å²) in [5.41, 5.74) is 8.15. The molecule has 1 saturated heterocycles. The molecule has 2 aromatic carbocycles. The third-order valence-electron chi connectivity index (χ3n) is 4.90. The van der Waals surface area contributed by atoms with E-state index in [1.54, 1.807) is 30.3 Å². The molecule has 1 aliphatic heterocycles. The molecule has 5 nitrogen and oxygen atoms in total. The zero-order valence-corrected chi connectivity index (χ0v) is 14.7. The summed E-state index contributed by atoms with van der Waals surface area (Å²) in [6.07, 6.45) is 2.45. The summed E-state index contributed by atoms with van der Waals surface area (Å²) in [4.78, 5) is 11.6. The van der Waals surface area contributed by atoms with Gasteiger partial charge in [-0.25, -0.2) is 12.8 Å². The summed E-state index contributed by atoms with van der Waals surface area (Å²) >= 11 is 0. The van der Waals surface area contributed by atoms with Crippen molar-refractivity contribution >= 4 is 26.6 Å². The molecule has 134 valence electrons. The Hall–Kier alpha value is -2.67. The van der Waals surface area contributed by atoms with Crippen molar-refractivity contribution in [3.05, 3.63) is 65.6 Å². The van der Waals surface area contributed by atoms with Gasteiger partial charge in [-0.3, -0.25) is 4.79 Å². The van der Waals surface area contributed by atoms with Crippen molar-refractivity contribution in [2.75, 3.05) is 11.5 Å². The molecule has 1 fully saturated rings. The molecule has 1 unspecified atom stereocenters. The second kappa shape index (κ2) is 5.95. The molecule has 0 radical (unpaired) electrons. The Morgan fingerprint density at radius 3 is 2.50 bits per heavy atom. The van der Waals surface area contributed by atoms with Gasteiger partial charge in [0.1, 0.15) is 5.82 Å². The zero-order chi connectivity index (χ0) is 18.5. The summed E-state index contributed by atoms with van der Waals surface area (Å²) in [5, 5.41) is 0.876. The van der Waals surface area contributed by atoms with E-state index in [9.17, 15) is 17.6 Å². The van der Waals surface area contributed by atoms with E-state index in [1.165, 1.54) is 12.1 Å². The lowest BCUT2D eigenvalue weighted by Gasteiger charge is -2.06. The van der Waals surface area contributed by atoms with Gasteiger partial charge in [0.25, 0.3) is 0 Å². The maximum absolute atomic E-state index is 13.3. The average Bonchev–Trinajstić information content (AvgIpc) is 3.15. The van der Waals surface area contributed by atoms with Gasteiger partial charge in [0.15, 0.2) is 9.84 Å². The number of nitrogens with two attached hydrogens (primary N) is 1. The lowest BCUT2D eigenvalue weighted by Crippen LogP contribution is -2.10. The van der Waals surface area contributed by atoms with Crippen molar-refractivity contribution < 1.29 is 17.6 Å². The predicted molar refractivity (Wildman–Crippen MR) is 97.8 cm³/mol. The fraction of sp³-hybridized carbons (Fsp3) is 0.211. The highest BCUT2D eigenvalue weighted by Gasteiger charge is 2.31. The second-order valence-corrected chi connectivity index (χ2v) is 8.86. The number of primary amides is 1. The number of nitrogens with zero attached hydrogens (tertiary/aromatic N) is 1. The van der Waals surface area contributed by atoms with Gasteiger partial charge in [-0.2, -0.15) is 0 Å². The van der Waals surface area contributed by atoms with Crippen molar-refractivity contribution in [2.24, 2.45) is 5.73 Å². The van der Waals surface area contributed by atoms with Crippen molar-refractivity contribution in [1.82, 2.24) is 4.57 Å². The number of carbonyl (C=O) groups excluding carboxylic acids is 1. The zero-order valence-electron chi connectivity index (χ0n) is 13.9. The van der Waals surface area contributed by atoms with Crippen LogP contribution in [0, 0.1) is 5.82 Å². The van der Waals surface area contributed by atoms with Crippen LogP contribution >= 0.6 is 0 Å². The molecule has 0 bridgehead atoms. The SMILES string of the molecule is NC(=O)c1ccc2c(C3CCS(=O)(=O)C3)cn(-c3ccc(F)cc3)c2c1. The Bertz CT molecular complexity index is 1120. The average molecular weight is 372 g/mol. The predicted octanol–water partition coefficient (Wildman–Crippen LogP) is 2.77. The van der Waals surface area contributed by atoms with Crippen LogP contribution in [0.1, 0.15) is 28.3 Å². The van der Waals surface area contributed by atoms with Gasteiger partial charge >= 0.3 is 0 Å². The number of carbonyl (C=O) groups is 1. The summed E-state index contributed by atoms with van der Waals surface area (Å²) < 4.78 is 38.9. The van der Waals surface area contributed by atoms with E-state index in [2.05, 4.69) is 0 Å². The molecule has 1 atom stereocenters. The summed E-state index contributed by atoms with van der Waals surface area (Å²) in [7, 11) is -3.03. The molecule has 0 saturated carbocycles. The van der Waals surface area contributed by atoms with Crippen LogP contribution in [0.5, 0.6) is 0 Å². The van der Waals surface area contributed by atoms with Crippen LogP contribution in [0.2, 0.25) is 0 Å². The number of rotatable bonds is 3. The van der Waals surface area contributed by atoms with E-state index in [-0.39, 0.29) is 23.2 Å². The first-order valence-corrected chi connectivity index (χ1v) is 10.1. The molecule has 2 heterocycles. The van der Waals surface area contributed by atoms with Gasteiger partial charge in [0.2, 0.25) is 5.91 Å². The molecule has 0 aliphatic carbocycles. The maximum Gasteiger partial charge on any atom is 0.248 e. The highest BCUT2D eigenvalue weighted by molar-refractivity contribution is 7.91. The van der Waals surface area contributed by atoms with Crippen LogP contribution in [0.15, 0.2) is 48.7 Å². The van der Waals surface area contributed by atoms with Gasteiger partial charge in [0.05, 0.1) is 17.0 Å². The fourth-order valence-corrected chi connectivity index (χ4v) is 5.36. The summed E-state index contributed by atoms with van der Waals surface area (Å²) in [6.45, 7) is 0. The van der Waals surface area contributed by atoms with Gasteiger partial charge in [-0.15, -0.1) is 0 Å². The third-order valence-corrected chi connectivity index (χ3v) is 6.67. The molecule has 7 heteroatoms. The van der Waals surface area contributed by atoms with Crippen molar-refractivity contribution in [3.63, 3.8) is 0 Å². The van der Waals surface area contributed by atoms with Crippen LogP contribution in [0.4, 0.5) is 4.39 Å². The van der Waals surface area contributed by atoms with E-state index in [1.807, 2.05) is 10.8 Å². The number of hydrogen-bond acceptors (Lipinski definition) is 3. The van der Waals surface area contributed by atoms with Gasteiger partial charge in [-0.1, -0.05) is 6.07 Å². The van der Waals surface area contributed by atoms with Crippen molar-refractivity contribution in [2.45, 2.75) is 12.3 Å². The number of fused-ring (bicyclic) bond motifs is 1. The van der Waals surface area contributed by atoms with Crippen LogP contribution in [-0.2, 0) is 9.84 Å². The lowest BCUT2D eigenvalue weighted by molar-refractivity contribution is 0.100. The minimum Gasteiger partial charge on any atom is -0.366 e. The van der Waals surface area contributed by atoms with E-state index in [4.69, 9.17) is 5.73 Å². The molecular formula is C19H17FN2O3S. The molecule has 0 spiro atoms. The fourth-order valence-electron chi connectivity index (χ4n) is 3.59. The Labute approximate surface area is 150 Å². The molecular weight excluding hydrogens is 355 g/mol. The van der Waals surface area contributed by atoms with E-state index >= 15 is 0 Å². The van der Waals surface area contributed by atoms with Crippen LogP contribution in [-0.4, -0.2) is 30.4 Å². The first-order valence-electron chi connectivity index (χ1n) is 8.25. The number of benzene rings is 2. The molecule has 1 amide bonds. The number of aromatic nitrogens is 1. The first kappa shape index (κ1) is 16.8. The third kappa shape index (κ3) is 2.88. The second-order valence-electron chi connectivity index (χ2n) is 6.63. The topological polar surface area (TPSA) is 82.2 Å². The Balaban J connectivity index is 1.93. The van der Waals surface area contributed by atoms with Gasteiger partial charge in [-0.05, 0) is 48.4 Å². The Morgan fingerprint density at radius 2 is 1.88 bits per heavy atom. The van der Waals surface area contributed by atoms with Gasteiger partial charge < -0.3 is 10.3 Å². The number of halogens is 1. The van der Waals surface area contributed by atoms with Crippen LogP contribution < -0.4 is 5.73 Å². The van der Waals surface area contributed by atoms with E-state index in [0.717, 1.165) is 22.2 Å². The lowest BCUT2D eigenvalue weighted by atomic mass is 9.97. The standard InChI is InChI=1S/C19H17FN2O3S/c20-14-2-4-15(5-3-14)22-10-17(13-7-8-26(24,25)11-13)16-6-1-12(19(21)23)9-18(16)22/h1-6,9-10,13H,7-8,11H2,(H2,21,23). The molecule has 26 heavy (non-hydrogen) atoms. The number of sulfone groups is 1.